The number of rotatable bonds is 18. The third kappa shape index (κ3) is 11.2. The average molecular weight is 739 g/mol. The molecule has 1 aliphatic rings. The molecule has 5 aromatic carbocycles. The van der Waals surface area contributed by atoms with Crippen molar-refractivity contribution in [2.45, 2.75) is 68.9 Å². The van der Waals surface area contributed by atoms with Crippen molar-refractivity contribution in [3.8, 4) is 0 Å². The lowest BCUT2D eigenvalue weighted by Gasteiger charge is -2.46. The van der Waals surface area contributed by atoms with Crippen molar-refractivity contribution >= 4 is 19.6 Å². The maximum atomic E-state index is 14.4. The fourth-order valence-corrected chi connectivity index (χ4v) is 8.50. The molecule has 5 aromatic rings. The Morgan fingerprint density at radius 1 is 0.577 bits per heavy atom. The Morgan fingerprint density at radius 2 is 1.02 bits per heavy atom. The molecule has 9 heteroatoms. The zero-order chi connectivity index (χ0) is 36.0. The summed E-state index contributed by atoms with van der Waals surface area (Å²) >= 11 is 1.64. The van der Waals surface area contributed by atoms with E-state index in [-0.39, 0.29) is 43.2 Å². The molecule has 1 saturated heterocycles. The van der Waals surface area contributed by atoms with Crippen molar-refractivity contribution in [1.82, 2.24) is 0 Å². The molecule has 0 aliphatic carbocycles. The molecule has 0 amide bonds. The minimum Gasteiger partial charge on any atom is -0.370 e. The van der Waals surface area contributed by atoms with Crippen LogP contribution in [0.4, 0.5) is 0 Å². The molecule has 52 heavy (non-hydrogen) atoms. The molecule has 6 rings (SSSR count). The highest BCUT2D eigenvalue weighted by molar-refractivity contribution is 7.99. The third-order valence-electron chi connectivity index (χ3n) is 9.24. The molecule has 0 N–H and O–H groups in total. The van der Waals surface area contributed by atoms with E-state index in [1.54, 1.807) is 11.8 Å². The van der Waals surface area contributed by atoms with Gasteiger partial charge in [0.2, 0.25) is 0 Å². The Morgan fingerprint density at radius 3 is 1.52 bits per heavy atom. The minimum absolute atomic E-state index is 0.00682. The topological polar surface area (TPSA) is 72.5 Å². The summed E-state index contributed by atoms with van der Waals surface area (Å²) in [5.41, 5.74) is 3.47. The predicted molar refractivity (Wildman–Crippen MR) is 205 cm³/mol. The molecule has 0 aromatic heterocycles. The Balaban J connectivity index is 1.24. The van der Waals surface area contributed by atoms with Gasteiger partial charge in [0.1, 0.15) is 11.5 Å². The van der Waals surface area contributed by atoms with Gasteiger partial charge in [-0.2, -0.15) is 0 Å². The quantitative estimate of drug-likeness (QED) is 0.0823. The SMILES string of the molecule is CC1[C@H](C)C([C@@H](COP(=O)(OCc2ccccc2)OCc2ccccc2)OCc2ccccc2)O[C@H](Sc2ccccc2)[C@@H]1OCc1ccccc1. The van der Waals surface area contributed by atoms with E-state index in [1.807, 2.05) is 127 Å². The highest BCUT2D eigenvalue weighted by atomic mass is 32.2. The summed E-state index contributed by atoms with van der Waals surface area (Å²) < 4.78 is 52.8. The Kier molecular flexibility index (Phi) is 14.3. The maximum absolute atomic E-state index is 14.4. The van der Waals surface area contributed by atoms with Crippen LogP contribution in [0.1, 0.15) is 36.1 Å². The van der Waals surface area contributed by atoms with Gasteiger partial charge in [0.25, 0.3) is 0 Å². The Bertz CT molecular complexity index is 1740. The monoisotopic (exact) mass is 738 g/mol. The van der Waals surface area contributed by atoms with Gasteiger partial charge in [-0.15, -0.1) is 0 Å². The van der Waals surface area contributed by atoms with Gasteiger partial charge in [-0.25, -0.2) is 4.57 Å². The number of benzene rings is 5. The molecule has 0 bridgehead atoms. The molecule has 272 valence electrons. The van der Waals surface area contributed by atoms with Crippen LogP contribution in [0.15, 0.2) is 157 Å². The van der Waals surface area contributed by atoms with Crippen LogP contribution >= 0.6 is 19.6 Å². The fourth-order valence-electron chi connectivity index (χ4n) is 6.10. The van der Waals surface area contributed by atoms with Crippen molar-refractivity contribution < 1.29 is 32.3 Å². The largest absolute Gasteiger partial charge is 0.475 e. The summed E-state index contributed by atoms with van der Waals surface area (Å²) in [7, 11) is -4.08. The molecule has 0 radical (unpaired) electrons. The molecule has 0 saturated carbocycles. The van der Waals surface area contributed by atoms with Gasteiger partial charge < -0.3 is 14.2 Å². The van der Waals surface area contributed by atoms with Crippen LogP contribution < -0.4 is 0 Å². The predicted octanol–water partition coefficient (Wildman–Crippen LogP) is 10.5. The van der Waals surface area contributed by atoms with Gasteiger partial charge in [-0.05, 0) is 46.2 Å². The smallest absolute Gasteiger partial charge is 0.370 e. The second-order valence-corrected chi connectivity index (χ2v) is 15.8. The first kappa shape index (κ1) is 38.2. The van der Waals surface area contributed by atoms with Gasteiger partial charge in [0, 0.05) is 4.90 Å². The molecule has 6 atom stereocenters. The number of ether oxygens (including phenoxy) is 3. The highest BCUT2D eigenvalue weighted by Crippen LogP contribution is 2.52. The first-order valence-corrected chi connectivity index (χ1v) is 20.1. The van der Waals surface area contributed by atoms with Gasteiger partial charge >= 0.3 is 7.82 Å². The molecule has 1 aliphatic heterocycles. The minimum atomic E-state index is -4.08. The molecule has 1 fully saturated rings. The third-order valence-corrected chi connectivity index (χ3v) is 11.8. The van der Waals surface area contributed by atoms with Crippen LogP contribution in [0.5, 0.6) is 0 Å². The second-order valence-electron chi connectivity index (χ2n) is 13.0. The van der Waals surface area contributed by atoms with E-state index in [0.29, 0.717) is 13.2 Å². The number of phosphoric acid groups is 1. The summed E-state index contributed by atoms with van der Waals surface area (Å²) in [6, 6.07) is 49.5. The van der Waals surface area contributed by atoms with Crippen molar-refractivity contribution in [1.29, 1.82) is 0 Å². The number of thioether (sulfide) groups is 1. The van der Waals surface area contributed by atoms with Crippen molar-refractivity contribution in [2.75, 3.05) is 6.61 Å². The number of hydrogen-bond acceptors (Lipinski definition) is 8. The van der Waals surface area contributed by atoms with Crippen LogP contribution in [-0.2, 0) is 58.8 Å². The highest BCUT2D eigenvalue weighted by Gasteiger charge is 2.46. The van der Waals surface area contributed by atoms with Crippen molar-refractivity contribution in [3.05, 3.63) is 174 Å². The van der Waals surface area contributed by atoms with E-state index < -0.39 is 20.0 Å². The van der Waals surface area contributed by atoms with Crippen LogP contribution in [0, 0.1) is 11.8 Å². The Labute approximate surface area is 312 Å². The lowest BCUT2D eigenvalue weighted by molar-refractivity contribution is -0.201. The van der Waals surface area contributed by atoms with E-state index >= 15 is 0 Å². The molecule has 2 unspecified atom stereocenters. The van der Waals surface area contributed by atoms with Gasteiger partial charge in [-0.3, -0.25) is 13.6 Å². The van der Waals surface area contributed by atoms with Gasteiger partial charge in [0.15, 0.2) is 0 Å². The molecule has 1 heterocycles. The zero-order valence-electron chi connectivity index (χ0n) is 29.6. The van der Waals surface area contributed by atoms with Crippen molar-refractivity contribution in [2.24, 2.45) is 11.8 Å². The average Bonchev–Trinajstić information content (AvgIpc) is 3.20. The molecule has 7 nitrogen and oxygen atoms in total. The van der Waals surface area contributed by atoms with E-state index in [2.05, 4.69) is 38.1 Å². The summed E-state index contributed by atoms with van der Waals surface area (Å²) in [4.78, 5) is 1.08. The van der Waals surface area contributed by atoms with E-state index in [0.717, 1.165) is 27.1 Å². The number of hydrogen-bond donors (Lipinski definition) is 0. The van der Waals surface area contributed by atoms with Crippen molar-refractivity contribution in [3.63, 3.8) is 0 Å². The van der Waals surface area contributed by atoms with Crippen LogP contribution in [0.25, 0.3) is 0 Å². The van der Waals surface area contributed by atoms with E-state index in [4.69, 9.17) is 27.8 Å². The zero-order valence-corrected chi connectivity index (χ0v) is 31.4. The summed E-state index contributed by atoms with van der Waals surface area (Å²) in [5.74, 6) is 0.0783. The molecule has 0 spiro atoms. The van der Waals surface area contributed by atoms with Crippen LogP contribution in [-0.4, -0.2) is 30.4 Å². The first-order chi connectivity index (χ1) is 25.5. The normalized spacial score (nSPS) is 21.1. The number of phosphoric ester groups is 1. The van der Waals surface area contributed by atoms with Gasteiger partial charge in [-0.1, -0.05) is 165 Å². The summed E-state index contributed by atoms with van der Waals surface area (Å²) in [5, 5.41) is 0. The first-order valence-electron chi connectivity index (χ1n) is 17.8. The summed E-state index contributed by atoms with van der Waals surface area (Å²) in [6.07, 6.45) is -1.24. The molecular weight excluding hydrogens is 692 g/mol. The standard InChI is InChI=1S/C43H47O7PS/c1-33-34(2)42(46-29-36-20-10-4-11-21-36)43(52-39-26-16-7-17-27-39)50-41(33)40(45-28-35-18-8-3-9-19-35)32-49-51(44,47-30-37-22-12-5-13-23-37)48-31-38-24-14-6-15-25-38/h3-27,33-34,40-43H,28-32H2,1-2H3/t33-,34?,40+,41?,42+,43+/m0/s1. The lowest BCUT2D eigenvalue weighted by atomic mass is 9.82. The van der Waals surface area contributed by atoms with Crippen LogP contribution in [0.2, 0.25) is 0 Å². The van der Waals surface area contributed by atoms with Crippen LogP contribution in [0.3, 0.4) is 0 Å². The van der Waals surface area contributed by atoms with Gasteiger partial charge in [0.05, 0.1) is 45.2 Å². The van der Waals surface area contributed by atoms with E-state index in [9.17, 15) is 4.57 Å². The Hall–Kier alpha value is -3.56. The van der Waals surface area contributed by atoms with E-state index in [1.165, 1.54) is 0 Å². The maximum Gasteiger partial charge on any atom is 0.475 e. The second kappa shape index (κ2) is 19.5. The lowest BCUT2D eigenvalue weighted by Crippen LogP contribution is -2.54. The fraction of sp³-hybridized carbons (Fsp3) is 0.302. The summed E-state index contributed by atoms with van der Waals surface area (Å²) in [6.45, 7) is 5.21. The molecular formula is C43H47O7PS.